The Morgan fingerprint density at radius 3 is 2.48 bits per heavy atom. The standard InChI is InChI=1S/C20H28N2.C3H8/c1-14-17-11-20(2,3)12-18(17)16-7-6-15(10-19(16)21-14)13-22-8-4-5-9-22;1-3-2/h6-7,10,14,21H,4-5,8-9,11-13H2,1-3H3;3H2,1-2H3. The number of benzene rings is 1. The summed E-state index contributed by atoms with van der Waals surface area (Å²) in [5.74, 6) is 0. The van der Waals surface area contributed by atoms with E-state index in [2.05, 4.69) is 63.0 Å². The van der Waals surface area contributed by atoms with E-state index in [9.17, 15) is 0 Å². The fourth-order valence-electron chi connectivity index (χ4n) is 4.55. The SMILES string of the molecule is CC1Nc2cc(CN3CCCC3)ccc2C2=C1CC(C)(C)C2.CCC. The van der Waals surface area contributed by atoms with Crippen molar-refractivity contribution in [3.05, 3.63) is 34.9 Å². The number of hydrogen-bond acceptors (Lipinski definition) is 2. The topological polar surface area (TPSA) is 15.3 Å². The monoisotopic (exact) mass is 340 g/mol. The molecule has 0 radical (unpaired) electrons. The van der Waals surface area contributed by atoms with Crippen LogP contribution >= 0.6 is 0 Å². The van der Waals surface area contributed by atoms with Gasteiger partial charge in [0.15, 0.2) is 0 Å². The first kappa shape index (κ1) is 18.5. The van der Waals surface area contributed by atoms with Gasteiger partial charge in [0.1, 0.15) is 0 Å². The summed E-state index contributed by atoms with van der Waals surface area (Å²) in [6, 6.07) is 7.62. The van der Waals surface area contributed by atoms with E-state index in [1.54, 1.807) is 11.1 Å². The van der Waals surface area contributed by atoms with E-state index >= 15 is 0 Å². The van der Waals surface area contributed by atoms with Crippen molar-refractivity contribution < 1.29 is 0 Å². The Labute approximate surface area is 154 Å². The molecular formula is C23H36N2. The first-order valence-corrected chi connectivity index (χ1v) is 10.3. The van der Waals surface area contributed by atoms with E-state index in [-0.39, 0.29) is 0 Å². The molecule has 1 fully saturated rings. The lowest BCUT2D eigenvalue weighted by atomic mass is 9.88. The van der Waals surface area contributed by atoms with Crippen LogP contribution in [0.2, 0.25) is 0 Å². The Morgan fingerprint density at radius 1 is 1.12 bits per heavy atom. The fraction of sp³-hybridized carbons (Fsp3) is 0.652. The van der Waals surface area contributed by atoms with Gasteiger partial charge in [0, 0.05) is 23.8 Å². The molecule has 1 N–H and O–H groups in total. The molecule has 1 saturated heterocycles. The zero-order valence-corrected chi connectivity index (χ0v) is 16.9. The Kier molecular flexibility index (Phi) is 5.58. The molecule has 1 aliphatic carbocycles. The predicted octanol–water partition coefficient (Wildman–Crippen LogP) is 6.09. The summed E-state index contributed by atoms with van der Waals surface area (Å²) in [4.78, 5) is 2.58. The molecule has 0 amide bonds. The molecule has 25 heavy (non-hydrogen) atoms. The molecule has 4 rings (SSSR count). The fourth-order valence-corrected chi connectivity index (χ4v) is 4.55. The van der Waals surface area contributed by atoms with E-state index in [4.69, 9.17) is 0 Å². The van der Waals surface area contributed by atoms with E-state index < -0.39 is 0 Å². The highest BCUT2D eigenvalue weighted by Crippen LogP contribution is 2.50. The molecule has 1 aromatic rings. The highest BCUT2D eigenvalue weighted by atomic mass is 15.1. The van der Waals surface area contributed by atoms with Gasteiger partial charge in [0.25, 0.3) is 0 Å². The zero-order valence-electron chi connectivity index (χ0n) is 16.9. The molecule has 2 heterocycles. The van der Waals surface area contributed by atoms with Gasteiger partial charge in [-0.2, -0.15) is 0 Å². The molecule has 0 spiro atoms. The number of rotatable bonds is 2. The van der Waals surface area contributed by atoms with E-state index in [1.807, 2.05) is 0 Å². The van der Waals surface area contributed by atoms with Crippen LogP contribution in [0, 0.1) is 5.41 Å². The highest BCUT2D eigenvalue weighted by molar-refractivity contribution is 5.84. The second kappa shape index (κ2) is 7.53. The molecule has 1 unspecified atom stereocenters. The number of nitrogens with zero attached hydrogens (tertiary/aromatic N) is 1. The molecule has 0 aromatic heterocycles. The Hall–Kier alpha value is -1.28. The van der Waals surface area contributed by atoms with Crippen LogP contribution in [0.3, 0.4) is 0 Å². The highest BCUT2D eigenvalue weighted by Gasteiger charge is 2.36. The van der Waals surface area contributed by atoms with Crippen molar-refractivity contribution in [1.82, 2.24) is 4.90 Å². The van der Waals surface area contributed by atoms with Gasteiger partial charge >= 0.3 is 0 Å². The molecule has 1 atom stereocenters. The summed E-state index contributed by atoms with van der Waals surface area (Å²) >= 11 is 0. The van der Waals surface area contributed by atoms with Crippen LogP contribution < -0.4 is 5.32 Å². The molecule has 138 valence electrons. The van der Waals surface area contributed by atoms with Gasteiger partial charge in [-0.1, -0.05) is 46.2 Å². The Bertz CT molecular complexity index is 635. The number of fused-ring (bicyclic) bond motifs is 2. The minimum Gasteiger partial charge on any atom is -0.378 e. The van der Waals surface area contributed by atoms with Gasteiger partial charge < -0.3 is 5.32 Å². The second-order valence-electron chi connectivity index (χ2n) is 8.96. The van der Waals surface area contributed by atoms with Crippen molar-refractivity contribution in [2.75, 3.05) is 18.4 Å². The van der Waals surface area contributed by atoms with Gasteiger partial charge in [-0.05, 0) is 73.9 Å². The van der Waals surface area contributed by atoms with Crippen LogP contribution in [0.5, 0.6) is 0 Å². The summed E-state index contributed by atoms with van der Waals surface area (Å²) in [6.07, 6.45) is 6.45. The maximum Gasteiger partial charge on any atom is 0.0451 e. The third kappa shape index (κ3) is 4.11. The number of likely N-dealkylation sites (tertiary alicyclic amines) is 1. The molecule has 2 aliphatic heterocycles. The maximum atomic E-state index is 3.76. The van der Waals surface area contributed by atoms with Crippen molar-refractivity contribution in [3.8, 4) is 0 Å². The maximum absolute atomic E-state index is 3.76. The molecule has 1 aromatic carbocycles. The third-order valence-electron chi connectivity index (χ3n) is 5.62. The summed E-state index contributed by atoms with van der Waals surface area (Å²) in [6.45, 7) is 15.0. The van der Waals surface area contributed by atoms with Gasteiger partial charge in [0.2, 0.25) is 0 Å². The number of allylic oxidation sites excluding steroid dienone is 1. The van der Waals surface area contributed by atoms with Crippen molar-refractivity contribution in [2.45, 2.75) is 79.3 Å². The first-order valence-electron chi connectivity index (χ1n) is 10.3. The molecular weight excluding hydrogens is 304 g/mol. The largest absolute Gasteiger partial charge is 0.378 e. The van der Waals surface area contributed by atoms with Crippen molar-refractivity contribution in [3.63, 3.8) is 0 Å². The van der Waals surface area contributed by atoms with Crippen molar-refractivity contribution in [1.29, 1.82) is 0 Å². The van der Waals surface area contributed by atoms with Gasteiger partial charge in [-0.25, -0.2) is 0 Å². The van der Waals surface area contributed by atoms with Crippen LogP contribution in [-0.2, 0) is 6.54 Å². The average molecular weight is 341 g/mol. The zero-order chi connectivity index (χ0) is 18.0. The summed E-state index contributed by atoms with van der Waals surface area (Å²) in [7, 11) is 0. The lowest BCUT2D eigenvalue weighted by Gasteiger charge is -2.28. The minimum atomic E-state index is 0.427. The Balaban J connectivity index is 0.000000569. The number of nitrogens with one attached hydrogen (secondary N) is 1. The minimum absolute atomic E-state index is 0.427. The lowest BCUT2D eigenvalue weighted by molar-refractivity contribution is 0.331. The quantitative estimate of drug-likeness (QED) is 0.701. The van der Waals surface area contributed by atoms with Gasteiger partial charge in [-0.15, -0.1) is 0 Å². The van der Waals surface area contributed by atoms with Gasteiger partial charge in [-0.3, -0.25) is 4.90 Å². The van der Waals surface area contributed by atoms with Crippen molar-refractivity contribution >= 4 is 11.3 Å². The van der Waals surface area contributed by atoms with E-state index in [1.165, 1.54) is 62.0 Å². The van der Waals surface area contributed by atoms with E-state index in [0.717, 1.165) is 6.54 Å². The summed E-state index contributed by atoms with van der Waals surface area (Å²) < 4.78 is 0. The molecule has 2 heteroatoms. The smallest absolute Gasteiger partial charge is 0.0451 e. The second-order valence-corrected chi connectivity index (χ2v) is 8.96. The average Bonchev–Trinajstić information content (AvgIpc) is 3.15. The first-order chi connectivity index (χ1) is 11.9. The molecule has 2 nitrogen and oxygen atoms in total. The molecule has 0 saturated carbocycles. The predicted molar refractivity (Wildman–Crippen MR) is 110 cm³/mol. The van der Waals surface area contributed by atoms with Crippen molar-refractivity contribution in [2.24, 2.45) is 5.41 Å². The Morgan fingerprint density at radius 2 is 1.80 bits per heavy atom. The lowest BCUT2D eigenvalue weighted by Crippen LogP contribution is -2.23. The normalized spacial score (nSPS) is 24.3. The van der Waals surface area contributed by atoms with Gasteiger partial charge in [0.05, 0.1) is 0 Å². The van der Waals surface area contributed by atoms with Crippen LogP contribution in [0.1, 0.15) is 77.8 Å². The third-order valence-corrected chi connectivity index (χ3v) is 5.62. The molecule has 3 aliphatic rings. The summed E-state index contributed by atoms with van der Waals surface area (Å²) in [5, 5.41) is 3.76. The number of hydrogen-bond donors (Lipinski definition) is 1. The number of anilines is 1. The van der Waals surface area contributed by atoms with Crippen LogP contribution in [0.15, 0.2) is 23.8 Å². The van der Waals surface area contributed by atoms with Crippen LogP contribution in [-0.4, -0.2) is 24.0 Å². The van der Waals surface area contributed by atoms with Crippen LogP contribution in [0.4, 0.5) is 5.69 Å². The van der Waals surface area contributed by atoms with E-state index in [0.29, 0.717) is 11.5 Å². The summed E-state index contributed by atoms with van der Waals surface area (Å²) in [5.41, 5.74) is 7.98. The molecule has 0 bridgehead atoms. The van der Waals surface area contributed by atoms with Crippen LogP contribution in [0.25, 0.3) is 5.57 Å².